The lowest BCUT2D eigenvalue weighted by atomic mass is 10.3. The van der Waals surface area contributed by atoms with Crippen LogP contribution in [0.4, 0.5) is 5.69 Å². The molecular weight excluding hydrogens is 238 g/mol. The number of hydrogen-bond donors (Lipinski definition) is 1. The van der Waals surface area contributed by atoms with Gasteiger partial charge in [0.2, 0.25) is 10.0 Å². The molecule has 0 bridgehead atoms. The smallest absolute Gasteiger partial charge is 0.232 e. The first-order valence-electron chi connectivity index (χ1n) is 4.32. The molecule has 84 valence electrons. The topological polar surface area (TPSA) is 55.4 Å². The van der Waals surface area contributed by atoms with Gasteiger partial charge in [-0.1, -0.05) is 11.6 Å². The fourth-order valence-corrected chi connectivity index (χ4v) is 1.80. The summed E-state index contributed by atoms with van der Waals surface area (Å²) in [4.78, 5) is 0. The standard InChI is InChI=1S/C9H12ClNO3S/c1-3-15(12,13)11-7-4-5-8(10)9(6-7)14-2/h4-6,11H,3H2,1-2H3. The van der Waals surface area contributed by atoms with Gasteiger partial charge in [-0.25, -0.2) is 8.42 Å². The van der Waals surface area contributed by atoms with Crippen LogP contribution in [0, 0.1) is 0 Å². The Hall–Kier alpha value is -0.940. The van der Waals surface area contributed by atoms with Crippen molar-refractivity contribution in [1.29, 1.82) is 0 Å². The van der Waals surface area contributed by atoms with E-state index in [-0.39, 0.29) is 5.75 Å². The highest BCUT2D eigenvalue weighted by Gasteiger charge is 2.08. The Balaban J connectivity index is 2.98. The molecule has 1 aromatic rings. The molecule has 1 aromatic carbocycles. The second-order valence-electron chi connectivity index (χ2n) is 2.85. The number of hydrogen-bond acceptors (Lipinski definition) is 3. The van der Waals surface area contributed by atoms with Crippen molar-refractivity contribution in [1.82, 2.24) is 0 Å². The normalized spacial score (nSPS) is 11.1. The summed E-state index contributed by atoms with van der Waals surface area (Å²) in [5.74, 6) is 0.464. The van der Waals surface area contributed by atoms with Crippen LogP contribution in [0.25, 0.3) is 0 Å². The number of benzene rings is 1. The molecule has 0 atom stereocenters. The van der Waals surface area contributed by atoms with Gasteiger partial charge < -0.3 is 4.74 Å². The van der Waals surface area contributed by atoms with Gasteiger partial charge in [0.05, 0.1) is 23.6 Å². The van der Waals surface area contributed by atoms with E-state index in [4.69, 9.17) is 16.3 Å². The molecule has 0 spiro atoms. The van der Waals surface area contributed by atoms with Gasteiger partial charge in [0.25, 0.3) is 0 Å². The molecule has 1 N–H and O–H groups in total. The van der Waals surface area contributed by atoms with Crippen LogP contribution in [0.2, 0.25) is 5.02 Å². The molecule has 1 rings (SSSR count). The number of ether oxygens (including phenoxy) is 1. The van der Waals surface area contributed by atoms with Gasteiger partial charge in [-0.3, -0.25) is 4.72 Å². The van der Waals surface area contributed by atoms with E-state index in [1.165, 1.54) is 13.2 Å². The van der Waals surface area contributed by atoms with Gasteiger partial charge in [0.15, 0.2) is 0 Å². The molecule has 0 unspecified atom stereocenters. The van der Waals surface area contributed by atoms with Gasteiger partial charge in [-0.2, -0.15) is 0 Å². The Morgan fingerprint density at radius 3 is 2.67 bits per heavy atom. The minimum absolute atomic E-state index is 0.0257. The van der Waals surface area contributed by atoms with E-state index in [1.807, 2.05) is 0 Å². The van der Waals surface area contributed by atoms with Crippen LogP contribution in [-0.4, -0.2) is 21.3 Å². The summed E-state index contributed by atoms with van der Waals surface area (Å²) < 4.78 is 29.9. The number of nitrogens with one attached hydrogen (secondary N) is 1. The summed E-state index contributed by atoms with van der Waals surface area (Å²) in [5.41, 5.74) is 0.443. The third-order valence-electron chi connectivity index (χ3n) is 1.80. The lowest BCUT2D eigenvalue weighted by Crippen LogP contribution is -2.14. The summed E-state index contributed by atoms with van der Waals surface area (Å²) >= 11 is 5.80. The Bertz CT molecular complexity index is 445. The highest BCUT2D eigenvalue weighted by atomic mass is 35.5. The molecule has 0 saturated heterocycles. The van der Waals surface area contributed by atoms with Gasteiger partial charge in [-0.05, 0) is 19.1 Å². The summed E-state index contributed by atoms with van der Waals surface area (Å²) in [6.45, 7) is 1.56. The van der Waals surface area contributed by atoms with E-state index in [1.54, 1.807) is 19.1 Å². The highest BCUT2D eigenvalue weighted by molar-refractivity contribution is 7.92. The summed E-state index contributed by atoms with van der Waals surface area (Å²) in [6, 6.07) is 4.70. The van der Waals surface area contributed by atoms with Crippen LogP contribution in [0.5, 0.6) is 5.75 Å². The molecule has 0 heterocycles. The van der Waals surface area contributed by atoms with Crippen molar-refractivity contribution in [2.45, 2.75) is 6.92 Å². The highest BCUT2D eigenvalue weighted by Crippen LogP contribution is 2.27. The van der Waals surface area contributed by atoms with E-state index in [0.29, 0.717) is 16.5 Å². The summed E-state index contributed by atoms with van der Waals surface area (Å²) in [7, 11) is -1.79. The molecule has 0 fully saturated rings. The molecule has 0 radical (unpaired) electrons. The van der Waals surface area contributed by atoms with Crippen LogP contribution in [0.3, 0.4) is 0 Å². The maximum Gasteiger partial charge on any atom is 0.232 e. The van der Waals surface area contributed by atoms with Crippen molar-refractivity contribution in [3.05, 3.63) is 23.2 Å². The Morgan fingerprint density at radius 2 is 2.13 bits per heavy atom. The molecule has 0 aliphatic carbocycles. The lowest BCUT2D eigenvalue weighted by Gasteiger charge is -2.08. The van der Waals surface area contributed by atoms with E-state index >= 15 is 0 Å². The molecule has 15 heavy (non-hydrogen) atoms. The average Bonchev–Trinajstić information content (AvgIpc) is 2.20. The molecule has 0 aliphatic rings. The first kappa shape index (κ1) is 12.1. The van der Waals surface area contributed by atoms with Gasteiger partial charge in [-0.15, -0.1) is 0 Å². The molecule has 4 nitrogen and oxygen atoms in total. The predicted octanol–water partition coefficient (Wildman–Crippen LogP) is 2.11. The van der Waals surface area contributed by atoms with Crippen LogP contribution < -0.4 is 9.46 Å². The summed E-state index contributed by atoms with van der Waals surface area (Å²) in [6.07, 6.45) is 0. The number of methoxy groups -OCH3 is 1. The van der Waals surface area contributed by atoms with Crippen molar-refractivity contribution in [3.63, 3.8) is 0 Å². The van der Waals surface area contributed by atoms with Crippen molar-refractivity contribution in [3.8, 4) is 5.75 Å². The Labute approximate surface area is 94.3 Å². The largest absolute Gasteiger partial charge is 0.495 e. The van der Waals surface area contributed by atoms with E-state index in [2.05, 4.69) is 4.72 Å². The zero-order valence-electron chi connectivity index (χ0n) is 8.45. The summed E-state index contributed by atoms with van der Waals surface area (Å²) in [5, 5.41) is 0.442. The molecule has 0 aromatic heterocycles. The van der Waals surface area contributed by atoms with Crippen molar-refractivity contribution in [2.24, 2.45) is 0 Å². The minimum Gasteiger partial charge on any atom is -0.495 e. The second-order valence-corrected chi connectivity index (χ2v) is 5.27. The SMILES string of the molecule is CCS(=O)(=O)Nc1ccc(Cl)c(OC)c1. The van der Waals surface area contributed by atoms with Crippen molar-refractivity contribution in [2.75, 3.05) is 17.6 Å². The zero-order chi connectivity index (χ0) is 11.5. The van der Waals surface area contributed by atoms with E-state index in [9.17, 15) is 8.42 Å². The third-order valence-corrected chi connectivity index (χ3v) is 3.42. The molecule has 0 amide bonds. The third kappa shape index (κ3) is 3.28. The van der Waals surface area contributed by atoms with Gasteiger partial charge >= 0.3 is 0 Å². The van der Waals surface area contributed by atoms with Crippen LogP contribution >= 0.6 is 11.6 Å². The second kappa shape index (κ2) is 4.72. The molecule has 0 saturated carbocycles. The fourth-order valence-electron chi connectivity index (χ4n) is 0.975. The monoisotopic (exact) mass is 249 g/mol. The first-order chi connectivity index (χ1) is 6.98. The lowest BCUT2D eigenvalue weighted by molar-refractivity contribution is 0.415. The van der Waals surface area contributed by atoms with Gasteiger partial charge in [0, 0.05) is 6.07 Å². The number of rotatable bonds is 4. The molecule has 6 heteroatoms. The van der Waals surface area contributed by atoms with Crippen molar-refractivity contribution >= 4 is 27.3 Å². The predicted molar refractivity (Wildman–Crippen MR) is 61.1 cm³/mol. The van der Waals surface area contributed by atoms with Crippen LogP contribution in [0.15, 0.2) is 18.2 Å². The number of sulfonamides is 1. The maximum atomic E-state index is 11.3. The van der Waals surface area contributed by atoms with Gasteiger partial charge in [0.1, 0.15) is 5.75 Å². The number of anilines is 1. The van der Waals surface area contributed by atoms with Crippen molar-refractivity contribution < 1.29 is 13.2 Å². The maximum absolute atomic E-state index is 11.3. The van der Waals surface area contributed by atoms with Crippen LogP contribution in [-0.2, 0) is 10.0 Å². The number of halogens is 1. The quantitative estimate of drug-likeness (QED) is 0.889. The minimum atomic E-state index is -3.26. The van der Waals surface area contributed by atoms with E-state index < -0.39 is 10.0 Å². The fraction of sp³-hybridized carbons (Fsp3) is 0.333. The molecular formula is C9H12ClNO3S. The Kier molecular flexibility index (Phi) is 3.82. The zero-order valence-corrected chi connectivity index (χ0v) is 10.0. The Morgan fingerprint density at radius 1 is 1.47 bits per heavy atom. The first-order valence-corrected chi connectivity index (χ1v) is 6.35. The van der Waals surface area contributed by atoms with E-state index in [0.717, 1.165) is 0 Å². The molecule has 0 aliphatic heterocycles. The van der Waals surface area contributed by atoms with Crippen LogP contribution in [0.1, 0.15) is 6.92 Å². The average molecular weight is 250 g/mol.